The summed E-state index contributed by atoms with van der Waals surface area (Å²) in [7, 11) is 0. The summed E-state index contributed by atoms with van der Waals surface area (Å²) in [5.41, 5.74) is 0. The van der Waals surface area contributed by atoms with Gasteiger partial charge in [0, 0.05) is 0 Å². The molecular weight excluding hydrogens is 487 g/mol. The Balaban J connectivity index is 3.94. The molecule has 0 aliphatic rings. The Kier molecular flexibility index (Phi) is 26.8. The molecule has 0 saturated heterocycles. The molecule has 186 valence electrons. The first kappa shape index (κ1) is 31.3. The van der Waals surface area contributed by atoms with Crippen molar-refractivity contribution in [3.63, 3.8) is 0 Å². The van der Waals surface area contributed by atoms with Crippen LogP contribution in [0.5, 0.6) is 0 Å². The molecule has 0 aromatic rings. The molecule has 0 aliphatic heterocycles. The summed E-state index contributed by atoms with van der Waals surface area (Å²) in [6.45, 7) is 6.83. The Labute approximate surface area is 204 Å². The van der Waals surface area contributed by atoms with Crippen LogP contribution in [-0.2, 0) is 7.87 Å². The first-order valence-electron chi connectivity index (χ1n) is 14.4. The average Bonchev–Trinajstić information content (AvgIpc) is 2.77. The van der Waals surface area contributed by atoms with Gasteiger partial charge in [-0.15, -0.1) is 0 Å². The van der Waals surface area contributed by atoms with Crippen LogP contribution in [0.1, 0.15) is 162 Å². The molecule has 0 aliphatic carbocycles. The van der Waals surface area contributed by atoms with E-state index >= 15 is 0 Å². The first-order valence-corrected chi connectivity index (χ1v) is 20.4. The van der Waals surface area contributed by atoms with Crippen molar-refractivity contribution < 1.29 is 7.87 Å². The third-order valence-electron chi connectivity index (χ3n) is 6.54. The third-order valence-corrected chi connectivity index (χ3v) is 14.2. The van der Waals surface area contributed by atoms with Gasteiger partial charge in [0.1, 0.15) is 0 Å². The van der Waals surface area contributed by atoms with E-state index in [4.69, 9.17) is 3.07 Å². The molecule has 2 nitrogen and oxygen atoms in total. The molecule has 0 amide bonds. The molecular formula is C28H58O2Sn. The standard InChI is InChI=1S/C12H24O2.2C8H17.Sn.H/c1-2-3-4-5-6-7-8-9-10-11-12(13)14;2*1-3-5-7-8-6-4-2;;/h2-11H2,1H3,(H,13,14);2*1,3-8H2,2H3;;/q;;;+1;/p-1. The summed E-state index contributed by atoms with van der Waals surface area (Å²) >= 11 is -2.11. The molecule has 0 aromatic heterocycles. The van der Waals surface area contributed by atoms with E-state index in [2.05, 4.69) is 20.8 Å². The number of unbranched alkanes of at least 4 members (excludes halogenated alkanes) is 18. The second kappa shape index (κ2) is 26.5. The molecule has 0 N–H and O–H groups in total. The number of carbonyl (C=O) groups excluding carboxylic acids is 1. The normalized spacial score (nSPS) is 11.4. The van der Waals surface area contributed by atoms with Crippen LogP contribution in [-0.4, -0.2) is 26.1 Å². The van der Waals surface area contributed by atoms with Crippen molar-refractivity contribution in [2.24, 2.45) is 0 Å². The van der Waals surface area contributed by atoms with E-state index in [1.54, 1.807) is 0 Å². The number of hydrogen-bond donors (Lipinski definition) is 0. The molecule has 0 unspecified atom stereocenters. The average molecular weight is 545 g/mol. The SMILES string of the molecule is CCCCCCCCCCCC(=O)[O][SnH]([CH2]CCCCCCC)[CH2]CCCCCCC. The van der Waals surface area contributed by atoms with Crippen LogP contribution in [0.3, 0.4) is 0 Å². The molecule has 0 rings (SSSR count). The molecule has 0 bridgehead atoms. The summed E-state index contributed by atoms with van der Waals surface area (Å²) in [6.07, 6.45) is 28.6. The van der Waals surface area contributed by atoms with E-state index < -0.39 is 20.2 Å². The predicted molar refractivity (Wildman–Crippen MR) is 141 cm³/mol. The quantitative estimate of drug-likeness (QED) is 0.0843. The molecule has 0 aromatic carbocycles. The van der Waals surface area contributed by atoms with Crippen LogP contribution in [0, 0.1) is 0 Å². The molecule has 0 radical (unpaired) electrons. The fraction of sp³-hybridized carbons (Fsp3) is 0.964. The van der Waals surface area contributed by atoms with E-state index in [9.17, 15) is 4.79 Å². The Morgan fingerprint density at radius 3 is 1.19 bits per heavy atom. The zero-order valence-electron chi connectivity index (χ0n) is 21.9. The molecule has 31 heavy (non-hydrogen) atoms. The van der Waals surface area contributed by atoms with Crippen LogP contribution < -0.4 is 0 Å². The summed E-state index contributed by atoms with van der Waals surface area (Å²) in [5, 5.41) is 0. The van der Waals surface area contributed by atoms with Crippen LogP contribution in [0.25, 0.3) is 0 Å². The van der Waals surface area contributed by atoms with Crippen molar-refractivity contribution in [3.8, 4) is 0 Å². The van der Waals surface area contributed by atoms with E-state index in [0.29, 0.717) is 6.42 Å². The Hall–Kier alpha value is 0.269. The predicted octanol–water partition coefficient (Wildman–Crippen LogP) is 9.90. The van der Waals surface area contributed by atoms with Gasteiger partial charge in [0.15, 0.2) is 0 Å². The van der Waals surface area contributed by atoms with Gasteiger partial charge >= 0.3 is 198 Å². The van der Waals surface area contributed by atoms with Crippen molar-refractivity contribution in [3.05, 3.63) is 0 Å². The second-order valence-corrected chi connectivity index (χ2v) is 17.3. The van der Waals surface area contributed by atoms with Gasteiger partial charge in [-0.2, -0.15) is 0 Å². The minimum absolute atomic E-state index is 0.153. The zero-order valence-corrected chi connectivity index (χ0v) is 25.2. The van der Waals surface area contributed by atoms with Crippen molar-refractivity contribution in [2.75, 3.05) is 0 Å². The van der Waals surface area contributed by atoms with Crippen LogP contribution >= 0.6 is 0 Å². The van der Waals surface area contributed by atoms with Gasteiger partial charge < -0.3 is 0 Å². The van der Waals surface area contributed by atoms with Crippen LogP contribution in [0.15, 0.2) is 0 Å². The second-order valence-electron chi connectivity index (χ2n) is 9.80. The van der Waals surface area contributed by atoms with Crippen molar-refractivity contribution >= 4 is 26.1 Å². The summed E-state index contributed by atoms with van der Waals surface area (Å²) in [4.78, 5) is 12.4. The summed E-state index contributed by atoms with van der Waals surface area (Å²) in [6, 6.07) is 0. The van der Waals surface area contributed by atoms with Gasteiger partial charge in [-0.25, -0.2) is 0 Å². The number of hydrogen-bond acceptors (Lipinski definition) is 2. The Morgan fingerprint density at radius 2 is 0.806 bits per heavy atom. The molecule has 3 heteroatoms. The van der Waals surface area contributed by atoms with Crippen molar-refractivity contribution in [2.45, 2.75) is 171 Å². The van der Waals surface area contributed by atoms with Gasteiger partial charge in [-0.3, -0.25) is 0 Å². The van der Waals surface area contributed by atoms with Gasteiger partial charge in [0.2, 0.25) is 0 Å². The van der Waals surface area contributed by atoms with E-state index in [0.717, 1.165) is 6.42 Å². The number of rotatable bonds is 25. The molecule has 0 saturated carbocycles. The van der Waals surface area contributed by atoms with Gasteiger partial charge in [0.25, 0.3) is 0 Å². The molecule has 0 fully saturated rings. The maximum absolute atomic E-state index is 12.4. The summed E-state index contributed by atoms with van der Waals surface area (Å²) in [5.74, 6) is 0.153. The van der Waals surface area contributed by atoms with Gasteiger partial charge in [-0.1, -0.05) is 6.92 Å². The van der Waals surface area contributed by atoms with Crippen molar-refractivity contribution in [1.82, 2.24) is 0 Å². The fourth-order valence-electron chi connectivity index (χ4n) is 4.39. The summed E-state index contributed by atoms with van der Waals surface area (Å²) < 4.78 is 8.72. The molecule has 0 atom stereocenters. The topological polar surface area (TPSA) is 26.3 Å². The Morgan fingerprint density at radius 1 is 0.484 bits per heavy atom. The third kappa shape index (κ3) is 24.7. The monoisotopic (exact) mass is 546 g/mol. The Bertz CT molecular complexity index is 343. The maximum atomic E-state index is 12.4. The van der Waals surface area contributed by atoms with E-state index in [-0.39, 0.29) is 5.97 Å². The molecule has 0 heterocycles. The minimum atomic E-state index is -2.11. The number of carbonyl (C=O) groups is 1. The van der Waals surface area contributed by atoms with Crippen LogP contribution in [0.4, 0.5) is 0 Å². The van der Waals surface area contributed by atoms with E-state index in [1.807, 2.05) is 0 Å². The fourth-order valence-corrected chi connectivity index (χ4v) is 11.5. The van der Waals surface area contributed by atoms with Crippen LogP contribution in [0.2, 0.25) is 8.87 Å². The molecule has 0 spiro atoms. The van der Waals surface area contributed by atoms with E-state index in [1.165, 1.54) is 137 Å². The van der Waals surface area contributed by atoms with Gasteiger partial charge in [-0.05, 0) is 0 Å². The zero-order chi connectivity index (χ0) is 22.8. The van der Waals surface area contributed by atoms with Crippen molar-refractivity contribution in [1.29, 1.82) is 0 Å². The van der Waals surface area contributed by atoms with Gasteiger partial charge in [0.05, 0.1) is 0 Å². The first-order chi connectivity index (χ1) is 15.2.